The van der Waals surface area contributed by atoms with Gasteiger partial charge in [0.2, 0.25) is 0 Å². The Hall–Kier alpha value is -14.6. The van der Waals surface area contributed by atoms with Crippen LogP contribution in [0.2, 0.25) is 0 Å². The Balaban J connectivity index is 0.627. The summed E-state index contributed by atoms with van der Waals surface area (Å²) >= 11 is 0. The van der Waals surface area contributed by atoms with E-state index in [1.54, 1.807) is 0 Å². The first kappa shape index (κ1) is 94.7. The third-order valence-electron chi connectivity index (χ3n) is 28.8. The van der Waals surface area contributed by atoms with E-state index in [0.29, 0.717) is 25.7 Å². The molecule has 2 aliphatic rings. The van der Waals surface area contributed by atoms with Gasteiger partial charge in [-0.2, -0.15) is 0 Å². The number of ketones is 4. The zero-order valence-electron chi connectivity index (χ0n) is 81.4. The summed E-state index contributed by atoms with van der Waals surface area (Å²) in [6.07, 6.45) is 21.1. The average molecular weight is 1820 g/mol. The number of rotatable bonds is 45. The number of nitrogens with zero attached hydrogens (tertiary/aromatic N) is 4. The molecule has 139 heavy (non-hydrogen) atoms. The predicted octanol–water partition coefficient (Wildman–Crippen LogP) is 36.5. The van der Waals surface area contributed by atoms with Gasteiger partial charge in [0.1, 0.15) is 10.8 Å². The Kier molecular flexibility index (Phi) is 30.5. The molecule has 0 bridgehead atoms. The maximum Gasteiger partial charge on any atom is 0.155 e. The van der Waals surface area contributed by atoms with Crippen molar-refractivity contribution in [2.75, 3.05) is 19.6 Å². The lowest BCUT2D eigenvalue weighted by molar-refractivity contribution is -0.135. The van der Waals surface area contributed by atoms with Crippen LogP contribution in [-0.4, -0.2) is 23.1 Å². The molecule has 8 nitrogen and oxygen atoms in total. The lowest BCUT2D eigenvalue weighted by atomic mass is 9.68. The minimum Gasteiger partial charge on any atom is -0.311 e. The van der Waals surface area contributed by atoms with Crippen molar-refractivity contribution in [1.29, 1.82) is 0 Å². The number of unbranched alkanes of at least 4 members (excludes halogenated alkanes) is 16. The van der Waals surface area contributed by atoms with E-state index in [0.717, 1.165) is 297 Å². The minimum absolute atomic E-state index is 0.000290. The van der Waals surface area contributed by atoms with E-state index < -0.39 is 10.8 Å². The van der Waals surface area contributed by atoms with E-state index in [-0.39, 0.29) is 23.1 Å². The smallest absolute Gasteiger partial charge is 0.155 e. The highest BCUT2D eigenvalue weighted by Gasteiger charge is 2.55. The molecular formula is C131H128N4O4. The number of hydrogen-bond acceptors (Lipinski definition) is 8. The van der Waals surface area contributed by atoms with Crippen LogP contribution >= 0.6 is 0 Å². The van der Waals surface area contributed by atoms with E-state index in [1.165, 1.54) is 5.56 Å². The molecule has 696 valence electrons. The number of aryl methyl sites for hydroxylation is 1. The van der Waals surface area contributed by atoms with Gasteiger partial charge in [-0.05, 0) is 303 Å². The molecule has 16 aromatic rings. The number of hydrogen-bond donors (Lipinski definition) is 0. The Morgan fingerprint density at radius 3 is 0.525 bits per heavy atom. The van der Waals surface area contributed by atoms with Crippen LogP contribution in [-0.2, 0) is 30.0 Å². The number of carbonyl (C=O) groups is 4. The summed E-state index contributed by atoms with van der Waals surface area (Å²) in [7, 11) is 0. The molecule has 0 unspecified atom stereocenters. The summed E-state index contributed by atoms with van der Waals surface area (Å²) in [6, 6.07) is 140. The van der Waals surface area contributed by atoms with E-state index in [9.17, 15) is 0 Å². The highest BCUT2D eigenvalue weighted by atomic mass is 16.2. The fraction of sp³-hybridized carbons (Fsp3) is 0.237. The molecule has 0 radical (unpaired) electrons. The maximum absolute atomic E-state index is 16.0. The van der Waals surface area contributed by atoms with Gasteiger partial charge < -0.3 is 19.6 Å². The average Bonchev–Trinajstić information content (AvgIpc) is 1.54. The van der Waals surface area contributed by atoms with Crippen molar-refractivity contribution in [3.8, 4) is 77.9 Å². The summed E-state index contributed by atoms with van der Waals surface area (Å²) < 4.78 is 0. The number of Topliss-reactive ketones (excluding diaryl/α,β-unsaturated/α-hetero) is 4. The maximum atomic E-state index is 16.0. The lowest BCUT2D eigenvalue weighted by Crippen LogP contribution is -2.43. The highest BCUT2D eigenvalue weighted by Crippen LogP contribution is 2.57. The molecule has 0 spiro atoms. The second kappa shape index (κ2) is 44.7. The first-order valence-corrected chi connectivity index (χ1v) is 51.2. The Labute approximate surface area is 824 Å². The SMILES string of the molecule is CCCCCCCC(=O)C1(C(=O)CCCCCCC)c2cc(-c3ccc(N(c4ccccc4)c4ccccc4)cc3)ccc2-c2ccc(-c3ccc(N(c4ccccc4)c4ccc(-c5ccc(N(c6ccccc6)c6ccc(-c7ccc8c(c7)C(C(=O)CCCCCCC)(C(=O)CCCCCCC)c7cc(-c9ccc(N(c%10ccccc%10)c%10ccc(C)cc%10)cc9)ccc7-8)cc6)cc5)cc4)cc3)cc21. The fourth-order valence-corrected chi connectivity index (χ4v) is 21.4. The van der Waals surface area contributed by atoms with Crippen LogP contribution in [0.1, 0.15) is 210 Å². The standard InChI is InChI=1S/C131H128N4O4/c1-6-10-14-18-37-51-126(136)130(127(137)52-38-19-15-11-7-2)122-91-102(98-61-79-112(80-62-98)132(106-41-27-22-28-42-106)107-43-29-23-30-44-107)69-87-118(122)120-89-71-104(93-124(120)130)100-65-83-116(84-66-100)134(109-47-33-25-34-48-109)113-75-57-96(58-76-113)97-59-77-114(78-60-97)135(110-49-35-26-36-50-110)117-85-67-101(68-86-117)105-72-90-121-119-88-70-103(99-63-81-115(82-64-99)133(108-45-31-24-32-46-108)111-73-55-95(5)56-74-111)92-123(119)131(125(121)94-105,128(138)53-39-20-16-12-8-3)129(139)54-40-21-17-13-9-4/h22-36,41-50,55-94H,6-21,37-40,51-54H2,1-5H3. The Bertz CT molecular complexity index is 6660. The van der Waals surface area contributed by atoms with Gasteiger partial charge in [0.25, 0.3) is 0 Å². The van der Waals surface area contributed by atoms with Crippen LogP contribution in [0.5, 0.6) is 0 Å². The molecule has 18 rings (SSSR count). The van der Waals surface area contributed by atoms with Crippen molar-refractivity contribution in [3.05, 3.63) is 422 Å². The fourth-order valence-electron chi connectivity index (χ4n) is 21.4. The quantitative estimate of drug-likeness (QED) is 0.0276. The number of carbonyl (C=O) groups excluding carboxylic acids is 4. The number of fused-ring (bicyclic) bond motifs is 6. The van der Waals surface area contributed by atoms with Gasteiger partial charge in [0, 0.05) is 93.9 Å². The van der Waals surface area contributed by atoms with Crippen molar-refractivity contribution >= 4 is 91.4 Å². The van der Waals surface area contributed by atoms with E-state index in [1.807, 2.05) is 18.2 Å². The number of benzene rings is 16. The molecule has 0 atom stereocenters. The zero-order valence-corrected chi connectivity index (χ0v) is 81.4. The van der Waals surface area contributed by atoms with Crippen molar-refractivity contribution < 1.29 is 19.2 Å². The largest absolute Gasteiger partial charge is 0.311 e. The number of anilines is 12. The van der Waals surface area contributed by atoms with Crippen LogP contribution in [0.4, 0.5) is 68.2 Å². The zero-order chi connectivity index (χ0) is 95.4. The Morgan fingerprint density at radius 2 is 0.338 bits per heavy atom. The van der Waals surface area contributed by atoms with Crippen molar-refractivity contribution in [2.45, 2.75) is 200 Å². The van der Waals surface area contributed by atoms with Crippen molar-refractivity contribution in [1.82, 2.24) is 0 Å². The molecule has 2 aliphatic carbocycles. The molecular weight excluding hydrogens is 1690 g/mol. The molecule has 8 heteroatoms. The third kappa shape index (κ3) is 20.3. The molecule has 0 aliphatic heterocycles. The summed E-state index contributed by atoms with van der Waals surface area (Å²) in [5.41, 5.74) is 27.6. The normalized spacial score (nSPS) is 12.4. The van der Waals surface area contributed by atoms with E-state index in [4.69, 9.17) is 0 Å². The van der Waals surface area contributed by atoms with Crippen molar-refractivity contribution in [2.24, 2.45) is 0 Å². The minimum atomic E-state index is -1.48. The molecule has 0 aromatic heterocycles. The van der Waals surface area contributed by atoms with Crippen LogP contribution < -0.4 is 19.6 Å². The van der Waals surface area contributed by atoms with Crippen LogP contribution in [0.25, 0.3) is 77.9 Å². The van der Waals surface area contributed by atoms with Crippen LogP contribution in [0.3, 0.4) is 0 Å². The van der Waals surface area contributed by atoms with E-state index >= 15 is 19.2 Å². The summed E-state index contributed by atoms with van der Waals surface area (Å²) in [6.45, 7) is 11.0. The topological polar surface area (TPSA) is 81.2 Å². The van der Waals surface area contributed by atoms with Gasteiger partial charge in [-0.25, -0.2) is 0 Å². The van der Waals surface area contributed by atoms with Gasteiger partial charge >= 0.3 is 0 Å². The number of para-hydroxylation sites is 5. The summed E-state index contributed by atoms with van der Waals surface area (Å²) in [5.74, 6) is 0.00158. The highest BCUT2D eigenvalue weighted by molar-refractivity contribution is 6.22. The summed E-state index contributed by atoms with van der Waals surface area (Å²) in [5, 5.41) is 0. The molecule has 0 N–H and O–H groups in total. The van der Waals surface area contributed by atoms with Gasteiger partial charge in [-0.1, -0.05) is 360 Å². The second-order valence-electron chi connectivity index (χ2n) is 38.0. The molecule has 0 saturated heterocycles. The van der Waals surface area contributed by atoms with E-state index in [2.05, 4.69) is 430 Å². The van der Waals surface area contributed by atoms with Gasteiger partial charge in [0.05, 0.1) is 0 Å². The second-order valence-corrected chi connectivity index (χ2v) is 38.0. The van der Waals surface area contributed by atoms with Gasteiger partial charge in [0.15, 0.2) is 23.1 Å². The molecule has 0 heterocycles. The first-order chi connectivity index (χ1) is 68.4. The van der Waals surface area contributed by atoms with Gasteiger partial charge in [-0.15, -0.1) is 0 Å². The first-order valence-electron chi connectivity index (χ1n) is 51.2. The molecule has 0 fully saturated rings. The Morgan fingerprint density at radius 1 is 0.180 bits per heavy atom. The molecule has 16 aromatic carbocycles. The monoisotopic (exact) mass is 1820 g/mol. The summed E-state index contributed by atoms with van der Waals surface area (Å²) in [4.78, 5) is 73.3. The van der Waals surface area contributed by atoms with Crippen LogP contribution in [0.15, 0.2) is 394 Å². The third-order valence-corrected chi connectivity index (χ3v) is 28.8. The predicted molar refractivity (Wildman–Crippen MR) is 583 cm³/mol. The van der Waals surface area contributed by atoms with Crippen molar-refractivity contribution in [3.63, 3.8) is 0 Å². The lowest BCUT2D eigenvalue weighted by Gasteiger charge is -2.30. The van der Waals surface area contributed by atoms with Crippen LogP contribution in [0, 0.1) is 6.92 Å². The molecule has 0 amide bonds. The van der Waals surface area contributed by atoms with Gasteiger partial charge in [-0.3, -0.25) is 19.2 Å². The molecule has 0 saturated carbocycles.